The molecule has 1 amide bonds. The Hall–Kier alpha value is -3.54. The van der Waals surface area contributed by atoms with Crippen molar-refractivity contribution >= 4 is 23.0 Å². The molecule has 2 aliphatic heterocycles. The van der Waals surface area contributed by atoms with Crippen LogP contribution in [0.3, 0.4) is 0 Å². The third kappa shape index (κ3) is 5.09. The predicted molar refractivity (Wildman–Crippen MR) is 132 cm³/mol. The van der Waals surface area contributed by atoms with E-state index >= 15 is 0 Å². The molecule has 2 aromatic heterocycles. The molecule has 1 unspecified atom stereocenters. The molecule has 1 atom stereocenters. The van der Waals surface area contributed by atoms with Gasteiger partial charge in [-0.05, 0) is 44.0 Å². The van der Waals surface area contributed by atoms with Crippen molar-refractivity contribution in [1.29, 1.82) is 0 Å². The van der Waals surface area contributed by atoms with Crippen molar-refractivity contribution < 1.29 is 27.2 Å². The van der Waals surface area contributed by atoms with Crippen molar-refractivity contribution in [2.45, 2.75) is 51.2 Å². The highest BCUT2D eigenvalue weighted by Crippen LogP contribution is 2.35. The quantitative estimate of drug-likeness (QED) is 0.402. The minimum Gasteiger partial charge on any atom is -0.387 e. The second-order valence-electron chi connectivity index (χ2n) is 9.32. The number of thiazole rings is 1. The number of aromatic nitrogens is 2. The fraction of sp³-hybridized carbons (Fsp3) is 0.385. The Morgan fingerprint density at radius 2 is 1.87 bits per heavy atom. The number of benzene rings is 1. The van der Waals surface area contributed by atoms with Crippen LogP contribution in [0.15, 0.2) is 45.7 Å². The van der Waals surface area contributed by atoms with Crippen molar-refractivity contribution in [2.24, 2.45) is 5.16 Å². The number of hydrogen-bond acceptors (Lipinski definition) is 6. The maximum Gasteiger partial charge on any atom is 0.269 e. The van der Waals surface area contributed by atoms with Crippen molar-refractivity contribution in [2.75, 3.05) is 13.1 Å². The molecule has 1 fully saturated rings. The van der Waals surface area contributed by atoms with Crippen molar-refractivity contribution in [1.82, 2.24) is 14.5 Å². The Morgan fingerprint density at radius 1 is 1.16 bits per heavy atom. The molecule has 0 saturated carbocycles. The zero-order chi connectivity index (χ0) is 27.0. The second kappa shape index (κ2) is 10.7. The molecule has 5 rings (SSSR count). The summed E-state index contributed by atoms with van der Waals surface area (Å²) in [4.78, 5) is 36.9. The summed E-state index contributed by atoms with van der Waals surface area (Å²) in [6, 6.07) is 6.16. The lowest BCUT2D eigenvalue weighted by atomic mass is 9.97. The number of amides is 1. The number of likely N-dealkylation sites (tertiary alicyclic amines) is 1. The van der Waals surface area contributed by atoms with Crippen LogP contribution in [-0.2, 0) is 16.2 Å². The number of hydrogen-bond donors (Lipinski definition) is 0. The van der Waals surface area contributed by atoms with Crippen LogP contribution in [0.5, 0.6) is 0 Å². The number of halogens is 4. The van der Waals surface area contributed by atoms with Gasteiger partial charge in [-0.3, -0.25) is 9.59 Å². The van der Waals surface area contributed by atoms with Crippen LogP contribution in [0, 0.1) is 18.6 Å². The van der Waals surface area contributed by atoms with Gasteiger partial charge < -0.3 is 14.3 Å². The summed E-state index contributed by atoms with van der Waals surface area (Å²) in [5.41, 5.74) is -0.0772. The van der Waals surface area contributed by atoms with Gasteiger partial charge in [0.15, 0.2) is 6.10 Å². The van der Waals surface area contributed by atoms with Crippen LogP contribution in [0.4, 0.5) is 17.6 Å². The summed E-state index contributed by atoms with van der Waals surface area (Å²) in [5, 5.41) is 6.71. The fourth-order valence-electron chi connectivity index (χ4n) is 4.77. The molecule has 4 heterocycles. The lowest BCUT2D eigenvalue weighted by Gasteiger charge is -2.31. The molecule has 7 nitrogen and oxygen atoms in total. The number of carbonyl (C=O) groups excluding carboxylic acids is 1. The van der Waals surface area contributed by atoms with Crippen LogP contribution in [-0.4, -0.2) is 39.2 Å². The second-order valence-corrected chi connectivity index (χ2v) is 10.2. The molecular formula is C26H24F4N4O3S. The minimum atomic E-state index is -2.91. The number of pyridine rings is 1. The van der Waals surface area contributed by atoms with E-state index < -0.39 is 35.3 Å². The Morgan fingerprint density at radius 3 is 2.55 bits per heavy atom. The summed E-state index contributed by atoms with van der Waals surface area (Å²) in [6.07, 6.45) is -2.27. The average molecular weight is 549 g/mol. The van der Waals surface area contributed by atoms with E-state index in [0.717, 1.165) is 15.6 Å². The van der Waals surface area contributed by atoms with E-state index in [4.69, 9.17) is 4.84 Å². The minimum absolute atomic E-state index is 0.104. The Kier molecular flexibility index (Phi) is 7.33. The number of aryl methyl sites for hydroxylation is 1. The van der Waals surface area contributed by atoms with Gasteiger partial charge in [0.05, 0.1) is 21.8 Å². The molecule has 0 aliphatic carbocycles. The maximum atomic E-state index is 14.1. The molecule has 1 aromatic carbocycles. The van der Waals surface area contributed by atoms with E-state index in [2.05, 4.69) is 10.1 Å². The van der Waals surface area contributed by atoms with E-state index in [1.54, 1.807) is 11.8 Å². The fourth-order valence-corrected chi connectivity index (χ4v) is 5.77. The molecule has 38 heavy (non-hydrogen) atoms. The summed E-state index contributed by atoms with van der Waals surface area (Å²) >= 11 is 1.45. The van der Waals surface area contributed by atoms with Gasteiger partial charge in [-0.2, -0.15) is 0 Å². The third-order valence-electron chi connectivity index (χ3n) is 6.96. The van der Waals surface area contributed by atoms with Crippen LogP contribution in [0.25, 0.3) is 0 Å². The number of oxime groups is 1. The standard InChI is InChI=1S/C26H24F4N4O3S/c1-14-5-6-16(24(29)30)26(36)34(14)12-22(35)33-9-7-15(8-10-33)25-31-20(13-38-25)19-11-21(37-32-19)23-17(27)3-2-4-18(23)28/h2-6,13,15,21,24H,7-12H2,1H3. The largest absolute Gasteiger partial charge is 0.387 e. The lowest BCUT2D eigenvalue weighted by Crippen LogP contribution is -2.41. The van der Waals surface area contributed by atoms with Gasteiger partial charge in [-0.1, -0.05) is 11.2 Å². The molecule has 1 saturated heterocycles. The monoisotopic (exact) mass is 548 g/mol. The molecular weight excluding hydrogens is 524 g/mol. The summed E-state index contributed by atoms with van der Waals surface area (Å²) in [7, 11) is 0. The van der Waals surface area contributed by atoms with E-state index in [-0.39, 0.29) is 30.4 Å². The van der Waals surface area contributed by atoms with Gasteiger partial charge >= 0.3 is 0 Å². The normalized spacial score (nSPS) is 18.1. The lowest BCUT2D eigenvalue weighted by molar-refractivity contribution is -0.133. The molecule has 0 bridgehead atoms. The van der Waals surface area contributed by atoms with Crippen LogP contribution in [0.1, 0.15) is 65.2 Å². The topological polar surface area (TPSA) is 76.8 Å². The smallest absolute Gasteiger partial charge is 0.269 e. The van der Waals surface area contributed by atoms with E-state index in [1.807, 2.05) is 5.38 Å². The number of piperidine rings is 1. The first-order valence-electron chi connectivity index (χ1n) is 12.1. The zero-order valence-electron chi connectivity index (χ0n) is 20.4. The first kappa shape index (κ1) is 26.1. The summed E-state index contributed by atoms with van der Waals surface area (Å²) in [5.74, 6) is -1.57. The highest BCUT2D eigenvalue weighted by Gasteiger charge is 2.31. The molecule has 12 heteroatoms. The first-order valence-corrected chi connectivity index (χ1v) is 13.0. The molecule has 0 N–H and O–H groups in total. The van der Waals surface area contributed by atoms with Gasteiger partial charge in [0.2, 0.25) is 5.91 Å². The van der Waals surface area contributed by atoms with E-state index in [0.29, 0.717) is 43.0 Å². The van der Waals surface area contributed by atoms with E-state index in [1.165, 1.54) is 35.6 Å². The highest BCUT2D eigenvalue weighted by molar-refractivity contribution is 7.10. The molecule has 3 aromatic rings. The molecule has 0 spiro atoms. The average Bonchev–Trinajstić information content (AvgIpc) is 3.56. The molecule has 2 aliphatic rings. The summed E-state index contributed by atoms with van der Waals surface area (Å²) in [6.45, 7) is 2.20. The van der Waals surface area contributed by atoms with Gasteiger partial charge in [0.25, 0.3) is 12.0 Å². The van der Waals surface area contributed by atoms with Crippen molar-refractivity contribution in [3.05, 3.63) is 85.2 Å². The highest BCUT2D eigenvalue weighted by atomic mass is 32.1. The van der Waals surface area contributed by atoms with Gasteiger partial charge in [-0.15, -0.1) is 11.3 Å². The van der Waals surface area contributed by atoms with Crippen molar-refractivity contribution in [3.63, 3.8) is 0 Å². The van der Waals surface area contributed by atoms with Gasteiger partial charge in [-0.25, -0.2) is 22.5 Å². The van der Waals surface area contributed by atoms with Gasteiger partial charge in [0.1, 0.15) is 23.9 Å². The third-order valence-corrected chi connectivity index (χ3v) is 7.96. The Labute approximate surface area is 219 Å². The zero-order valence-corrected chi connectivity index (χ0v) is 21.2. The SMILES string of the molecule is Cc1ccc(C(F)F)c(=O)n1CC(=O)N1CCC(c2nc(C3=NOC(c4c(F)cccc4F)C3)cs2)CC1. The van der Waals surface area contributed by atoms with Crippen LogP contribution in [0.2, 0.25) is 0 Å². The predicted octanol–water partition coefficient (Wildman–Crippen LogP) is 5.10. The summed E-state index contributed by atoms with van der Waals surface area (Å²) < 4.78 is 55.5. The number of carbonyl (C=O) groups is 1. The molecule has 200 valence electrons. The van der Waals surface area contributed by atoms with Gasteiger partial charge in [0, 0.05) is 36.5 Å². The van der Waals surface area contributed by atoms with Crippen molar-refractivity contribution in [3.8, 4) is 0 Å². The van der Waals surface area contributed by atoms with Crippen LogP contribution >= 0.6 is 11.3 Å². The number of rotatable bonds is 6. The first-order chi connectivity index (χ1) is 18.2. The van der Waals surface area contributed by atoms with E-state index in [9.17, 15) is 27.2 Å². The Bertz CT molecular complexity index is 1430. The maximum absolute atomic E-state index is 14.1. The molecule has 0 radical (unpaired) electrons. The number of nitrogens with zero attached hydrogens (tertiary/aromatic N) is 4. The van der Waals surface area contributed by atoms with Crippen LogP contribution < -0.4 is 5.56 Å². The number of alkyl halides is 2. The Balaban J connectivity index is 1.19.